The molecule has 0 radical (unpaired) electrons. The van der Waals surface area contributed by atoms with Gasteiger partial charge in [0, 0.05) is 21.4 Å². The van der Waals surface area contributed by atoms with Crippen LogP contribution in [0.2, 0.25) is 0 Å². The van der Waals surface area contributed by atoms with Gasteiger partial charge in [-0.1, -0.05) is 32.0 Å². The molecule has 7 heteroatoms. The first-order valence-corrected chi connectivity index (χ1v) is 10.7. The Labute approximate surface area is 171 Å². The number of ether oxygens (including phenoxy) is 1. The highest BCUT2D eigenvalue weighted by molar-refractivity contribution is 7.99. The predicted molar refractivity (Wildman–Crippen MR) is 111 cm³/mol. The average molecular weight is 408 g/mol. The first kappa shape index (κ1) is 18.4. The molecule has 1 N–H and O–H groups in total. The number of carbonyl (C=O) groups is 1. The van der Waals surface area contributed by atoms with Gasteiger partial charge in [0.15, 0.2) is 5.60 Å². The standard InChI is InChI=1S/C22H20N2O4S/c1-3-22(27)15-9-17-18-13(10-24(17)20(25)14(15)11-28-21(22)26)19(29-4-2)12-7-5-6-8-16(12)23-18/h5-9,27H,3-4,10-11H2,1-2H3/t22-/m0/s1. The number of cyclic esters (lactones) is 1. The van der Waals surface area contributed by atoms with Crippen molar-refractivity contribution in [1.82, 2.24) is 9.55 Å². The summed E-state index contributed by atoms with van der Waals surface area (Å²) in [6, 6.07) is 9.72. The fraction of sp³-hybridized carbons (Fsp3) is 0.318. The van der Waals surface area contributed by atoms with Gasteiger partial charge >= 0.3 is 5.97 Å². The molecule has 0 bridgehead atoms. The molecule has 0 spiro atoms. The van der Waals surface area contributed by atoms with Gasteiger partial charge in [0.1, 0.15) is 6.61 Å². The molecule has 2 aliphatic rings. The lowest BCUT2D eigenvalue weighted by Gasteiger charge is -2.31. The third kappa shape index (κ3) is 2.44. The van der Waals surface area contributed by atoms with E-state index in [1.165, 1.54) is 0 Å². The lowest BCUT2D eigenvalue weighted by atomic mass is 9.86. The van der Waals surface area contributed by atoms with Gasteiger partial charge < -0.3 is 14.4 Å². The van der Waals surface area contributed by atoms with Crippen LogP contribution in [0.15, 0.2) is 40.0 Å². The minimum absolute atomic E-state index is 0.113. The number of pyridine rings is 2. The Morgan fingerprint density at radius 2 is 2.03 bits per heavy atom. The smallest absolute Gasteiger partial charge is 0.343 e. The maximum absolute atomic E-state index is 13.3. The summed E-state index contributed by atoms with van der Waals surface area (Å²) in [5.41, 5.74) is 1.94. The molecule has 1 aromatic carbocycles. The van der Waals surface area contributed by atoms with Gasteiger partial charge in [0.2, 0.25) is 0 Å². The van der Waals surface area contributed by atoms with Crippen LogP contribution in [0.25, 0.3) is 22.3 Å². The van der Waals surface area contributed by atoms with E-state index < -0.39 is 11.6 Å². The Balaban J connectivity index is 1.83. The SMILES string of the molecule is CCSc1c2c(nc3ccccc13)-c1cc3c(c(=O)n1C2)COC(=O)[C@]3(O)CC. The monoisotopic (exact) mass is 408 g/mol. The molecule has 2 aliphatic heterocycles. The van der Waals surface area contributed by atoms with Gasteiger partial charge in [-0.25, -0.2) is 9.78 Å². The molecule has 0 amide bonds. The Hall–Kier alpha value is -2.64. The van der Waals surface area contributed by atoms with Crippen molar-refractivity contribution in [1.29, 1.82) is 0 Å². The van der Waals surface area contributed by atoms with Crippen LogP contribution in [-0.2, 0) is 28.3 Å². The van der Waals surface area contributed by atoms with Crippen molar-refractivity contribution in [2.75, 3.05) is 5.75 Å². The van der Waals surface area contributed by atoms with E-state index in [4.69, 9.17) is 9.72 Å². The number of aliphatic hydroxyl groups is 1. The summed E-state index contributed by atoms with van der Waals surface area (Å²) in [5, 5.41) is 12.0. The second-order valence-corrected chi connectivity index (χ2v) is 8.60. The Morgan fingerprint density at radius 1 is 1.24 bits per heavy atom. The van der Waals surface area contributed by atoms with E-state index >= 15 is 0 Å². The number of benzene rings is 1. The van der Waals surface area contributed by atoms with Crippen LogP contribution in [0.3, 0.4) is 0 Å². The number of nitrogens with zero attached hydrogens (tertiary/aromatic N) is 2. The highest BCUT2D eigenvalue weighted by Crippen LogP contribution is 2.42. The van der Waals surface area contributed by atoms with E-state index in [9.17, 15) is 14.7 Å². The molecule has 148 valence electrons. The van der Waals surface area contributed by atoms with E-state index in [0.29, 0.717) is 23.4 Å². The molecule has 0 unspecified atom stereocenters. The lowest BCUT2D eigenvalue weighted by molar-refractivity contribution is -0.172. The molecule has 1 atom stereocenters. The summed E-state index contributed by atoms with van der Waals surface area (Å²) in [4.78, 5) is 31.5. The predicted octanol–water partition coefficient (Wildman–Crippen LogP) is 3.19. The maximum Gasteiger partial charge on any atom is 0.343 e. The molecular weight excluding hydrogens is 388 g/mol. The van der Waals surface area contributed by atoms with E-state index in [1.807, 2.05) is 18.2 Å². The number of para-hydroxylation sites is 1. The van der Waals surface area contributed by atoms with Gasteiger partial charge in [-0.2, -0.15) is 0 Å². The quantitative estimate of drug-likeness (QED) is 0.414. The maximum atomic E-state index is 13.3. The molecule has 3 aromatic rings. The van der Waals surface area contributed by atoms with Gasteiger partial charge in [0.05, 0.1) is 29.0 Å². The lowest BCUT2D eigenvalue weighted by Crippen LogP contribution is -2.44. The minimum atomic E-state index is -1.80. The summed E-state index contributed by atoms with van der Waals surface area (Å²) < 4.78 is 6.82. The average Bonchev–Trinajstić information content (AvgIpc) is 3.10. The molecule has 4 heterocycles. The fourth-order valence-electron chi connectivity index (χ4n) is 4.30. The van der Waals surface area contributed by atoms with Crippen LogP contribution in [0.4, 0.5) is 0 Å². The van der Waals surface area contributed by atoms with Crippen LogP contribution in [0.5, 0.6) is 0 Å². The summed E-state index contributed by atoms with van der Waals surface area (Å²) in [7, 11) is 0. The second-order valence-electron chi connectivity index (χ2n) is 7.32. The highest BCUT2D eigenvalue weighted by Gasteiger charge is 2.45. The summed E-state index contributed by atoms with van der Waals surface area (Å²) in [5.74, 6) is 0.198. The van der Waals surface area contributed by atoms with Crippen LogP contribution >= 0.6 is 11.8 Å². The van der Waals surface area contributed by atoms with Gasteiger partial charge in [0.25, 0.3) is 5.56 Å². The van der Waals surface area contributed by atoms with Crippen molar-refractivity contribution in [2.45, 2.75) is 43.9 Å². The zero-order chi connectivity index (χ0) is 20.3. The van der Waals surface area contributed by atoms with E-state index in [0.717, 1.165) is 32.8 Å². The summed E-state index contributed by atoms with van der Waals surface area (Å²) in [6.45, 7) is 4.12. The van der Waals surface area contributed by atoms with Crippen LogP contribution in [0.1, 0.15) is 37.0 Å². The molecular formula is C22H20N2O4S. The van der Waals surface area contributed by atoms with Gasteiger partial charge in [-0.15, -0.1) is 11.8 Å². The largest absolute Gasteiger partial charge is 0.458 e. The van der Waals surface area contributed by atoms with Gasteiger partial charge in [-0.05, 0) is 24.3 Å². The molecule has 0 saturated carbocycles. The first-order chi connectivity index (χ1) is 14.0. The van der Waals surface area contributed by atoms with Crippen molar-refractivity contribution in [2.24, 2.45) is 0 Å². The summed E-state index contributed by atoms with van der Waals surface area (Å²) >= 11 is 1.74. The van der Waals surface area contributed by atoms with E-state index in [2.05, 4.69) is 13.0 Å². The zero-order valence-electron chi connectivity index (χ0n) is 16.2. The van der Waals surface area contributed by atoms with E-state index in [-0.39, 0.29) is 18.6 Å². The number of fused-ring (bicyclic) bond motifs is 5. The van der Waals surface area contributed by atoms with Crippen molar-refractivity contribution in [3.8, 4) is 11.4 Å². The Bertz CT molecular complexity index is 1250. The molecule has 0 saturated heterocycles. The second kappa shape index (κ2) is 6.43. The normalized spacial score (nSPS) is 19.6. The molecule has 5 rings (SSSR count). The van der Waals surface area contributed by atoms with Crippen LogP contribution < -0.4 is 5.56 Å². The third-order valence-electron chi connectivity index (χ3n) is 5.83. The van der Waals surface area contributed by atoms with Crippen molar-refractivity contribution >= 4 is 28.6 Å². The number of hydrogen-bond donors (Lipinski definition) is 1. The topological polar surface area (TPSA) is 81.4 Å². The van der Waals surface area contributed by atoms with Crippen molar-refractivity contribution in [3.05, 3.63) is 57.4 Å². The number of hydrogen-bond acceptors (Lipinski definition) is 6. The first-order valence-electron chi connectivity index (χ1n) is 9.71. The van der Waals surface area contributed by atoms with E-state index in [1.54, 1.807) is 29.3 Å². The fourth-order valence-corrected chi connectivity index (χ4v) is 5.25. The Morgan fingerprint density at radius 3 is 2.79 bits per heavy atom. The summed E-state index contributed by atoms with van der Waals surface area (Å²) in [6.07, 6.45) is 0.136. The number of carbonyl (C=O) groups excluding carboxylic acids is 1. The number of rotatable bonds is 3. The molecule has 6 nitrogen and oxygen atoms in total. The Kier molecular flexibility index (Phi) is 4.08. The number of aromatic nitrogens is 2. The third-order valence-corrected chi connectivity index (χ3v) is 6.87. The van der Waals surface area contributed by atoms with Crippen molar-refractivity contribution < 1.29 is 14.6 Å². The van der Waals surface area contributed by atoms with Crippen molar-refractivity contribution in [3.63, 3.8) is 0 Å². The highest BCUT2D eigenvalue weighted by atomic mass is 32.2. The minimum Gasteiger partial charge on any atom is -0.458 e. The van der Waals surface area contributed by atoms with Gasteiger partial charge in [-0.3, -0.25) is 4.79 Å². The molecule has 0 fully saturated rings. The van der Waals surface area contributed by atoms with Crippen LogP contribution in [0, 0.1) is 0 Å². The van der Waals surface area contributed by atoms with Crippen LogP contribution in [-0.4, -0.2) is 26.4 Å². The molecule has 29 heavy (non-hydrogen) atoms. The molecule has 0 aliphatic carbocycles. The molecule has 2 aromatic heterocycles. The zero-order valence-corrected chi connectivity index (χ0v) is 17.0. The number of thioether (sulfide) groups is 1. The number of esters is 1.